The van der Waals surface area contributed by atoms with Gasteiger partial charge in [-0.25, -0.2) is 9.97 Å². The summed E-state index contributed by atoms with van der Waals surface area (Å²) < 4.78 is 5.20. The van der Waals surface area contributed by atoms with E-state index < -0.39 is 0 Å². The van der Waals surface area contributed by atoms with Crippen molar-refractivity contribution in [3.8, 4) is 0 Å². The molecule has 0 saturated heterocycles. The molecule has 0 radical (unpaired) electrons. The lowest BCUT2D eigenvalue weighted by atomic mass is 9.96. The van der Waals surface area contributed by atoms with Crippen molar-refractivity contribution in [2.75, 3.05) is 0 Å². The summed E-state index contributed by atoms with van der Waals surface area (Å²) >= 11 is 0. The van der Waals surface area contributed by atoms with Gasteiger partial charge in [0.25, 0.3) is 5.89 Å². The van der Waals surface area contributed by atoms with Crippen LogP contribution in [0, 0.1) is 6.92 Å². The molecule has 0 aliphatic heterocycles. The maximum absolute atomic E-state index is 11.9. The Morgan fingerprint density at radius 2 is 2.44 bits per heavy atom. The standard InChI is InChI=1S/C12H14N4O2/c1-7-5-13-12(18-7)11(17)16-8-2-3-9-10(4-8)15-6-14-9/h5-6,8H,2-4H2,1H3,(H,14,15)(H,16,17). The summed E-state index contributed by atoms with van der Waals surface area (Å²) in [5, 5.41) is 2.94. The van der Waals surface area contributed by atoms with E-state index >= 15 is 0 Å². The van der Waals surface area contributed by atoms with Crippen molar-refractivity contribution in [2.45, 2.75) is 32.2 Å². The van der Waals surface area contributed by atoms with E-state index in [1.54, 1.807) is 19.4 Å². The molecule has 18 heavy (non-hydrogen) atoms. The summed E-state index contributed by atoms with van der Waals surface area (Å²) in [4.78, 5) is 23.1. The highest BCUT2D eigenvalue weighted by Crippen LogP contribution is 2.18. The average molecular weight is 246 g/mol. The Kier molecular flexibility index (Phi) is 2.62. The summed E-state index contributed by atoms with van der Waals surface area (Å²) in [6.45, 7) is 1.77. The molecule has 0 bridgehead atoms. The Bertz CT molecular complexity index is 572. The predicted octanol–water partition coefficient (Wildman–Crippen LogP) is 0.993. The van der Waals surface area contributed by atoms with Gasteiger partial charge in [0.05, 0.1) is 18.2 Å². The first-order chi connectivity index (χ1) is 8.72. The van der Waals surface area contributed by atoms with Crippen LogP contribution in [0.2, 0.25) is 0 Å². The van der Waals surface area contributed by atoms with E-state index in [0.29, 0.717) is 5.76 Å². The van der Waals surface area contributed by atoms with E-state index in [4.69, 9.17) is 4.42 Å². The minimum Gasteiger partial charge on any atom is -0.438 e. The van der Waals surface area contributed by atoms with Crippen LogP contribution < -0.4 is 5.32 Å². The third-order valence-corrected chi connectivity index (χ3v) is 3.14. The molecule has 1 amide bonds. The first kappa shape index (κ1) is 11.0. The van der Waals surface area contributed by atoms with Gasteiger partial charge in [0.1, 0.15) is 5.76 Å². The number of H-pyrrole nitrogens is 1. The lowest BCUT2D eigenvalue weighted by Gasteiger charge is -2.21. The second kappa shape index (κ2) is 4.29. The van der Waals surface area contributed by atoms with E-state index in [1.165, 1.54) is 0 Å². The van der Waals surface area contributed by atoms with Gasteiger partial charge >= 0.3 is 5.91 Å². The second-order valence-electron chi connectivity index (χ2n) is 4.52. The van der Waals surface area contributed by atoms with E-state index in [0.717, 1.165) is 30.7 Å². The number of aromatic amines is 1. The van der Waals surface area contributed by atoms with Gasteiger partial charge in [0, 0.05) is 18.2 Å². The van der Waals surface area contributed by atoms with Crippen molar-refractivity contribution in [1.29, 1.82) is 0 Å². The maximum atomic E-state index is 11.9. The molecule has 1 aliphatic carbocycles. The monoisotopic (exact) mass is 246 g/mol. The molecule has 1 atom stereocenters. The molecule has 0 spiro atoms. The highest BCUT2D eigenvalue weighted by atomic mass is 16.4. The number of aryl methyl sites for hydroxylation is 2. The van der Waals surface area contributed by atoms with Gasteiger partial charge in [-0.05, 0) is 19.8 Å². The number of nitrogens with zero attached hydrogens (tertiary/aromatic N) is 2. The number of imidazole rings is 1. The molecule has 2 N–H and O–H groups in total. The molecule has 0 fully saturated rings. The quantitative estimate of drug-likeness (QED) is 0.827. The molecule has 2 aromatic rings. The number of hydrogen-bond donors (Lipinski definition) is 2. The number of amides is 1. The normalized spacial score (nSPS) is 18.4. The first-order valence-corrected chi connectivity index (χ1v) is 5.97. The topological polar surface area (TPSA) is 83.8 Å². The van der Waals surface area contributed by atoms with Gasteiger partial charge in [0.2, 0.25) is 0 Å². The fraction of sp³-hybridized carbons (Fsp3) is 0.417. The largest absolute Gasteiger partial charge is 0.438 e. The molecular formula is C12H14N4O2. The predicted molar refractivity (Wildman–Crippen MR) is 63.1 cm³/mol. The van der Waals surface area contributed by atoms with Gasteiger partial charge in [-0.15, -0.1) is 0 Å². The van der Waals surface area contributed by atoms with Crippen molar-refractivity contribution < 1.29 is 9.21 Å². The van der Waals surface area contributed by atoms with Crippen LogP contribution >= 0.6 is 0 Å². The Morgan fingerprint density at radius 1 is 1.56 bits per heavy atom. The van der Waals surface area contributed by atoms with Crippen LogP contribution in [0.25, 0.3) is 0 Å². The molecule has 2 aromatic heterocycles. The fourth-order valence-electron chi connectivity index (χ4n) is 2.23. The summed E-state index contributed by atoms with van der Waals surface area (Å²) in [5.41, 5.74) is 2.21. The number of hydrogen-bond acceptors (Lipinski definition) is 4. The van der Waals surface area contributed by atoms with Crippen LogP contribution in [0.15, 0.2) is 16.9 Å². The van der Waals surface area contributed by atoms with E-state index in [1.807, 2.05) is 0 Å². The first-order valence-electron chi connectivity index (χ1n) is 5.97. The van der Waals surface area contributed by atoms with Gasteiger partial charge < -0.3 is 14.7 Å². The molecule has 1 aliphatic rings. The number of carbonyl (C=O) groups is 1. The van der Waals surface area contributed by atoms with Gasteiger partial charge in [-0.2, -0.15) is 0 Å². The van der Waals surface area contributed by atoms with Crippen molar-refractivity contribution in [3.63, 3.8) is 0 Å². The third kappa shape index (κ3) is 2.01. The van der Waals surface area contributed by atoms with Crippen LogP contribution in [-0.4, -0.2) is 26.9 Å². The smallest absolute Gasteiger partial charge is 0.307 e. The van der Waals surface area contributed by atoms with Crippen LogP contribution in [0.1, 0.15) is 34.3 Å². The van der Waals surface area contributed by atoms with Crippen molar-refractivity contribution in [2.24, 2.45) is 0 Å². The second-order valence-corrected chi connectivity index (χ2v) is 4.52. The molecule has 6 nitrogen and oxygen atoms in total. The van der Waals surface area contributed by atoms with Gasteiger partial charge in [0.15, 0.2) is 0 Å². The lowest BCUT2D eigenvalue weighted by Crippen LogP contribution is -2.39. The number of fused-ring (bicyclic) bond motifs is 1. The fourth-order valence-corrected chi connectivity index (χ4v) is 2.23. The van der Waals surface area contributed by atoms with Crippen molar-refractivity contribution in [3.05, 3.63) is 35.6 Å². The highest BCUT2D eigenvalue weighted by Gasteiger charge is 2.23. The van der Waals surface area contributed by atoms with Gasteiger partial charge in [-0.3, -0.25) is 4.79 Å². The number of rotatable bonds is 2. The van der Waals surface area contributed by atoms with Crippen LogP contribution in [0.3, 0.4) is 0 Å². The Morgan fingerprint density at radius 3 is 3.22 bits per heavy atom. The molecule has 94 valence electrons. The molecule has 1 unspecified atom stereocenters. The zero-order valence-electron chi connectivity index (χ0n) is 10.1. The zero-order valence-corrected chi connectivity index (χ0v) is 10.1. The number of nitrogens with one attached hydrogen (secondary N) is 2. The Balaban J connectivity index is 1.66. The number of carbonyl (C=O) groups excluding carboxylic acids is 1. The van der Waals surface area contributed by atoms with Gasteiger partial charge in [-0.1, -0.05) is 0 Å². The molecular weight excluding hydrogens is 232 g/mol. The number of oxazole rings is 1. The molecule has 0 aromatic carbocycles. The SMILES string of the molecule is Cc1cnc(C(=O)NC2CCc3nc[nH]c3C2)o1. The highest BCUT2D eigenvalue weighted by molar-refractivity contribution is 5.89. The molecule has 3 rings (SSSR count). The summed E-state index contributed by atoms with van der Waals surface area (Å²) in [6, 6.07) is 0.109. The summed E-state index contributed by atoms with van der Waals surface area (Å²) in [7, 11) is 0. The summed E-state index contributed by atoms with van der Waals surface area (Å²) in [6.07, 6.45) is 5.80. The average Bonchev–Trinajstić information content (AvgIpc) is 2.96. The Labute approximate surface area is 104 Å². The molecule has 2 heterocycles. The van der Waals surface area contributed by atoms with E-state index in [2.05, 4.69) is 20.3 Å². The lowest BCUT2D eigenvalue weighted by molar-refractivity contribution is 0.0897. The molecule has 0 saturated carbocycles. The van der Waals surface area contributed by atoms with E-state index in [-0.39, 0.29) is 17.8 Å². The summed E-state index contributed by atoms with van der Waals surface area (Å²) in [5.74, 6) is 0.513. The van der Waals surface area contributed by atoms with Crippen LogP contribution in [0.5, 0.6) is 0 Å². The van der Waals surface area contributed by atoms with Crippen LogP contribution in [-0.2, 0) is 12.8 Å². The minimum absolute atomic E-state index is 0.109. The maximum Gasteiger partial charge on any atom is 0.307 e. The van der Waals surface area contributed by atoms with Crippen molar-refractivity contribution >= 4 is 5.91 Å². The number of aromatic nitrogens is 3. The third-order valence-electron chi connectivity index (χ3n) is 3.14. The minimum atomic E-state index is -0.254. The zero-order chi connectivity index (χ0) is 12.5. The molecule has 6 heteroatoms. The van der Waals surface area contributed by atoms with Crippen LogP contribution in [0.4, 0.5) is 0 Å². The van der Waals surface area contributed by atoms with Crippen molar-refractivity contribution in [1.82, 2.24) is 20.3 Å². The van der Waals surface area contributed by atoms with E-state index in [9.17, 15) is 4.79 Å². The Hall–Kier alpha value is -2.11.